The molecular formula is C9H21O4P. The first-order valence-corrected chi connectivity index (χ1v) is 6.15. The van der Waals surface area contributed by atoms with E-state index in [1.54, 1.807) is 20.8 Å². The van der Waals surface area contributed by atoms with E-state index in [9.17, 15) is 4.57 Å². The van der Waals surface area contributed by atoms with Gasteiger partial charge < -0.3 is 0 Å². The molecule has 0 spiro atoms. The maximum absolute atomic E-state index is 11.8. The predicted molar refractivity (Wildman–Crippen MR) is 56.2 cm³/mol. The van der Waals surface area contributed by atoms with E-state index in [-0.39, 0.29) is 0 Å². The lowest BCUT2D eigenvalue weighted by atomic mass is 10.2. The Morgan fingerprint density at radius 2 is 1.79 bits per heavy atom. The average molecular weight is 224 g/mol. The van der Waals surface area contributed by atoms with E-state index < -0.39 is 13.4 Å². The van der Waals surface area contributed by atoms with Crippen molar-refractivity contribution >= 4 is 7.82 Å². The largest absolute Gasteiger partial charge is 0.475 e. The maximum Gasteiger partial charge on any atom is 0.475 e. The molecule has 0 aliphatic rings. The highest BCUT2D eigenvalue weighted by Gasteiger charge is 2.31. The number of hydrogen-bond donors (Lipinski definition) is 0. The third-order valence-electron chi connectivity index (χ3n) is 1.18. The van der Waals surface area contributed by atoms with E-state index in [1.165, 1.54) is 7.11 Å². The van der Waals surface area contributed by atoms with Crippen LogP contribution in [0.25, 0.3) is 0 Å². The van der Waals surface area contributed by atoms with Crippen molar-refractivity contribution in [1.82, 2.24) is 0 Å². The highest BCUT2D eigenvalue weighted by Crippen LogP contribution is 2.51. The maximum atomic E-state index is 11.8. The molecule has 0 saturated carbocycles. The summed E-state index contributed by atoms with van der Waals surface area (Å²) >= 11 is 0. The molecule has 0 aliphatic carbocycles. The van der Waals surface area contributed by atoms with Crippen molar-refractivity contribution in [3.8, 4) is 0 Å². The second-order valence-electron chi connectivity index (χ2n) is 4.52. The van der Waals surface area contributed by atoms with Gasteiger partial charge in [-0.3, -0.25) is 13.6 Å². The molecule has 5 heteroatoms. The molecule has 1 unspecified atom stereocenters. The van der Waals surface area contributed by atoms with Crippen LogP contribution < -0.4 is 0 Å². The minimum Gasteiger partial charge on any atom is -0.290 e. The standard InChI is InChI=1S/C9H21O4P/c1-8(2)7-12-14(10,11-6)13-9(3,4)5/h8H,7H2,1-6H3. The zero-order valence-corrected chi connectivity index (χ0v) is 10.8. The normalized spacial score (nSPS) is 17.1. The molecule has 86 valence electrons. The predicted octanol–water partition coefficient (Wildman–Crippen LogP) is 3.23. The highest BCUT2D eigenvalue weighted by atomic mass is 31.2. The van der Waals surface area contributed by atoms with Crippen molar-refractivity contribution in [1.29, 1.82) is 0 Å². The van der Waals surface area contributed by atoms with E-state index in [4.69, 9.17) is 13.6 Å². The van der Waals surface area contributed by atoms with Gasteiger partial charge in [-0.25, -0.2) is 4.57 Å². The van der Waals surface area contributed by atoms with Crippen molar-refractivity contribution in [2.75, 3.05) is 13.7 Å². The first kappa shape index (κ1) is 14.1. The number of hydrogen-bond acceptors (Lipinski definition) is 4. The molecule has 0 amide bonds. The molecule has 0 fully saturated rings. The Kier molecular flexibility index (Phi) is 5.31. The van der Waals surface area contributed by atoms with Gasteiger partial charge in [-0.15, -0.1) is 0 Å². The highest BCUT2D eigenvalue weighted by molar-refractivity contribution is 7.48. The van der Waals surface area contributed by atoms with Gasteiger partial charge in [0.1, 0.15) is 0 Å². The van der Waals surface area contributed by atoms with Gasteiger partial charge in [-0.1, -0.05) is 13.8 Å². The molecule has 0 aromatic heterocycles. The molecule has 14 heavy (non-hydrogen) atoms. The molecule has 4 nitrogen and oxygen atoms in total. The smallest absolute Gasteiger partial charge is 0.290 e. The Bertz CT molecular complexity index is 207. The molecular weight excluding hydrogens is 203 g/mol. The molecule has 0 rings (SSSR count). The van der Waals surface area contributed by atoms with E-state index in [2.05, 4.69) is 0 Å². The third kappa shape index (κ3) is 6.55. The lowest BCUT2D eigenvalue weighted by Gasteiger charge is -2.25. The van der Waals surface area contributed by atoms with Crippen LogP contribution in [0.3, 0.4) is 0 Å². The molecule has 0 aromatic carbocycles. The van der Waals surface area contributed by atoms with Crippen molar-refractivity contribution in [3.05, 3.63) is 0 Å². The van der Waals surface area contributed by atoms with Gasteiger partial charge in [0.05, 0.1) is 12.2 Å². The summed E-state index contributed by atoms with van der Waals surface area (Å²) in [4.78, 5) is 0. The van der Waals surface area contributed by atoms with Crippen LogP contribution in [0, 0.1) is 5.92 Å². The summed E-state index contributed by atoms with van der Waals surface area (Å²) in [7, 11) is -2.05. The van der Waals surface area contributed by atoms with E-state index in [1.807, 2.05) is 13.8 Å². The Hall–Kier alpha value is 0.110. The van der Waals surface area contributed by atoms with E-state index in [0.29, 0.717) is 12.5 Å². The van der Waals surface area contributed by atoms with Gasteiger partial charge in [0.15, 0.2) is 0 Å². The SMILES string of the molecule is COP(=O)(OCC(C)C)OC(C)(C)C. The molecule has 0 aliphatic heterocycles. The Morgan fingerprint density at radius 1 is 1.29 bits per heavy atom. The Balaban J connectivity index is 4.27. The van der Waals surface area contributed by atoms with Crippen LogP contribution in [0.2, 0.25) is 0 Å². The first-order chi connectivity index (χ1) is 6.18. The summed E-state index contributed by atoms with van der Waals surface area (Å²) in [5, 5.41) is 0. The minimum absolute atomic E-state index is 0.294. The van der Waals surface area contributed by atoms with Crippen LogP contribution in [0.1, 0.15) is 34.6 Å². The second-order valence-corrected chi connectivity index (χ2v) is 6.22. The summed E-state index contributed by atoms with van der Waals surface area (Å²) in [6.07, 6.45) is 0. The topological polar surface area (TPSA) is 44.8 Å². The van der Waals surface area contributed by atoms with E-state index >= 15 is 0 Å². The number of phosphoric ester groups is 1. The summed E-state index contributed by atoms with van der Waals surface area (Å²) < 4.78 is 27.0. The number of rotatable bonds is 5. The van der Waals surface area contributed by atoms with Crippen molar-refractivity contribution in [2.24, 2.45) is 5.92 Å². The number of phosphoric acid groups is 1. The van der Waals surface area contributed by atoms with Crippen LogP contribution >= 0.6 is 7.82 Å². The van der Waals surface area contributed by atoms with Crippen LogP contribution in [-0.4, -0.2) is 19.3 Å². The molecule has 0 saturated heterocycles. The van der Waals surface area contributed by atoms with Gasteiger partial charge in [0.25, 0.3) is 0 Å². The summed E-state index contributed by atoms with van der Waals surface area (Å²) in [6.45, 7) is 9.71. The molecule has 0 N–H and O–H groups in total. The van der Waals surface area contributed by atoms with Crippen molar-refractivity contribution < 1.29 is 18.1 Å². The van der Waals surface area contributed by atoms with Crippen LogP contribution in [-0.2, 0) is 18.1 Å². The lowest BCUT2D eigenvalue weighted by molar-refractivity contribution is 0.0477. The van der Waals surface area contributed by atoms with Gasteiger partial charge in [-0.2, -0.15) is 0 Å². The molecule has 0 radical (unpaired) electrons. The lowest BCUT2D eigenvalue weighted by Crippen LogP contribution is -2.19. The first-order valence-electron chi connectivity index (χ1n) is 4.69. The molecule has 0 bridgehead atoms. The molecule has 0 heterocycles. The van der Waals surface area contributed by atoms with Crippen molar-refractivity contribution in [2.45, 2.75) is 40.2 Å². The van der Waals surface area contributed by atoms with Crippen LogP contribution in [0.4, 0.5) is 0 Å². The van der Waals surface area contributed by atoms with Gasteiger partial charge >= 0.3 is 7.82 Å². The Labute approximate surface area is 86.5 Å². The average Bonchev–Trinajstić information content (AvgIpc) is 1.98. The third-order valence-corrected chi connectivity index (χ3v) is 2.86. The zero-order chi connectivity index (χ0) is 11.4. The van der Waals surface area contributed by atoms with Gasteiger partial charge in [0, 0.05) is 7.11 Å². The van der Waals surface area contributed by atoms with Gasteiger partial charge in [-0.05, 0) is 26.7 Å². The molecule has 0 aromatic rings. The monoisotopic (exact) mass is 224 g/mol. The zero-order valence-electron chi connectivity index (χ0n) is 9.86. The van der Waals surface area contributed by atoms with Crippen LogP contribution in [0.5, 0.6) is 0 Å². The second kappa shape index (κ2) is 5.26. The van der Waals surface area contributed by atoms with E-state index in [0.717, 1.165) is 0 Å². The summed E-state index contributed by atoms with van der Waals surface area (Å²) in [6, 6.07) is 0. The summed E-state index contributed by atoms with van der Waals surface area (Å²) in [5.41, 5.74) is -0.539. The minimum atomic E-state index is -3.38. The van der Waals surface area contributed by atoms with Crippen molar-refractivity contribution in [3.63, 3.8) is 0 Å². The molecule has 1 atom stereocenters. The van der Waals surface area contributed by atoms with Gasteiger partial charge in [0.2, 0.25) is 0 Å². The fourth-order valence-electron chi connectivity index (χ4n) is 0.692. The quantitative estimate of drug-likeness (QED) is 0.672. The summed E-state index contributed by atoms with van der Waals surface area (Å²) in [5.74, 6) is 0.294. The van der Waals surface area contributed by atoms with Crippen LogP contribution in [0.15, 0.2) is 0 Å². The Morgan fingerprint density at radius 3 is 2.07 bits per heavy atom. The fourth-order valence-corrected chi connectivity index (χ4v) is 2.08. The fraction of sp³-hybridized carbons (Fsp3) is 1.00.